The summed E-state index contributed by atoms with van der Waals surface area (Å²) in [5.41, 5.74) is 11.1. The first-order valence-electron chi connectivity index (χ1n) is 5.09. The van der Waals surface area contributed by atoms with Crippen LogP contribution in [0.15, 0.2) is 6.07 Å². The number of anilines is 3. The molecule has 0 fully saturated rings. The summed E-state index contributed by atoms with van der Waals surface area (Å²) in [7, 11) is -3.17. The molecule has 0 bridgehead atoms. The van der Waals surface area contributed by atoms with E-state index in [1.807, 2.05) is 0 Å². The number of hydrogen-bond acceptors (Lipinski definition) is 5. The van der Waals surface area contributed by atoms with Crippen molar-refractivity contribution in [1.29, 1.82) is 0 Å². The fourth-order valence-corrected chi connectivity index (χ4v) is 2.70. The van der Waals surface area contributed by atoms with Crippen molar-refractivity contribution in [3.8, 4) is 0 Å². The highest BCUT2D eigenvalue weighted by Gasteiger charge is 2.17. The number of nitrogen functional groups attached to an aromatic ring is 2. The molecule has 1 unspecified atom stereocenters. The van der Waals surface area contributed by atoms with Crippen LogP contribution in [0.4, 0.5) is 21.5 Å². The monoisotopic (exact) mass is 295 g/mol. The number of sulfone groups is 1. The summed E-state index contributed by atoms with van der Waals surface area (Å²) < 4.78 is 36.0. The van der Waals surface area contributed by atoms with Crippen LogP contribution < -0.4 is 16.8 Å². The molecule has 0 aliphatic heterocycles. The van der Waals surface area contributed by atoms with E-state index in [0.29, 0.717) is 0 Å². The minimum atomic E-state index is -3.17. The maximum absolute atomic E-state index is 13.8. The highest BCUT2D eigenvalue weighted by molar-refractivity contribution is 7.90. The minimum absolute atomic E-state index is 0.0352. The predicted molar refractivity (Wildman–Crippen MR) is 73.0 cm³/mol. The van der Waals surface area contributed by atoms with Crippen LogP contribution in [0.25, 0.3) is 0 Å². The highest BCUT2D eigenvalue weighted by Crippen LogP contribution is 2.34. The lowest BCUT2D eigenvalue weighted by Gasteiger charge is -2.17. The third kappa shape index (κ3) is 3.64. The summed E-state index contributed by atoms with van der Waals surface area (Å²) in [6.45, 7) is 1.60. The zero-order valence-corrected chi connectivity index (χ0v) is 11.6. The van der Waals surface area contributed by atoms with Gasteiger partial charge in [-0.25, -0.2) is 12.8 Å². The Morgan fingerprint density at radius 1 is 1.44 bits per heavy atom. The van der Waals surface area contributed by atoms with E-state index < -0.39 is 21.7 Å². The van der Waals surface area contributed by atoms with Gasteiger partial charge in [0.1, 0.15) is 14.9 Å². The first kappa shape index (κ1) is 14.8. The van der Waals surface area contributed by atoms with Crippen LogP contribution in [-0.4, -0.2) is 26.5 Å². The molecule has 0 spiro atoms. The highest BCUT2D eigenvalue weighted by atomic mass is 35.5. The fraction of sp³-hybridized carbons (Fsp3) is 0.400. The van der Waals surface area contributed by atoms with Gasteiger partial charge >= 0.3 is 0 Å². The van der Waals surface area contributed by atoms with Gasteiger partial charge in [-0.2, -0.15) is 0 Å². The first-order chi connectivity index (χ1) is 8.11. The lowest BCUT2D eigenvalue weighted by Crippen LogP contribution is -2.26. The molecule has 102 valence electrons. The van der Waals surface area contributed by atoms with Gasteiger partial charge < -0.3 is 16.8 Å². The fourth-order valence-electron chi connectivity index (χ4n) is 1.56. The molecule has 1 rings (SSSR count). The SMILES string of the molecule is CC(CS(C)(=O)=O)Nc1c(N)cc(N)c(Cl)c1F. The summed E-state index contributed by atoms with van der Waals surface area (Å²) >= 11 is 5.66. The van der Waals surface area contributed by atoms with Gasteiger partial charge in [0, 0.05) is 12.3 Å². The minimum Gasteiger partial charge on any atom is -0.397 e. The number of halogens is 2. The zero-order chi connectivity index (χ0) is 14.1. The lowest BCUT2D eigenvalue weighted by molar-refractivity contribution is 0.596. The van der Waals surface area contributed by atoms with E-state index in [1.54, 1.807) is 6.92 Å². The van der Waals surface area contributed by atoms with Crippen LogP contribution in [-0.2, 0) is 9.84 Å². The lowest BCUT2D eigenvalue weighted by atomic mass is 10.2. The first-order valence-corrected chi connectivity index (χ1v) is 7.53. The van der Waals surface area contributed by atoms with Gasteiger partial charge in [0.25, 0.3) is 0 Å². The van der Waals surface area contributed by atoms with Gasteiger partial charge in [-0.05, 0) is 13.0 Å². The van der Waals surface area contributed by atoms with Crippen LogP contribution in [0.1, 0.15) is 6.92 Å². The molecule has 0 aromatic heterocycles. The van der Waals surface area contributed by atoms with Crippen molar-refractivity contribution in [1.82, 2.24) is 0 Å². The topological polar surface area (TPSA) is 98.2 Å². The van der Waals surface area contributed by atoms with E-state index in [0.717, 1.165) is 6.26 Å². The van der Waals surface area contributed by atoms with Crippen molar-refractivity contribution in [3.05, 3.63) is 16.9 Å². The van der Waals surface area contributed by atoms with Gasteiger partial charge in [-0.3, -0.25) is 0 Å². The maximum atomic E-state index is 13.8. The normalized spacial score (nSPS) is 13.3. The smallest absolute Gasteiger partial charge is 0.169 e. The van der Waals surface area contributed by atoms with Crippen LogP contribution in [0.2, 0.25) is 5.02 Å². The molecule has 1 aromatic carbocycles. The molecule has 1 atom stereocenters. The number of nitrogens with two attached hydrogens (primary N) is 2. The average molecular weight is 296 g/mol. The van der Waals surface area contributed by atoms with E-state index in [9.17, 15) is 12.8 Å². The van der Waals surface area contributed by atoms with E-state index in [2.05, 4.69) is 5.32 Å². The van der Waals surface area contributed by atoms with Crippen LogP contribution in [0, 0.1) is 5.82 Å². The predicted octanol–water partition coefficient (Wildman–Crippen LogP) is 1.49. The standard InChI is InChI=1S/C10H15ClFN3O2S/c1-5(4-18(2,16)17)15-10-7(14)3-6(13)8(11)9(10)12/h3,5,15H,4,13-14H2,1-2H3. The number of hydrogen-bond donors (Lipinski definition) is 3. The number of rotatable bonds is 4. The Morgan fingerprint density at radius 3 is 2.50 bits per heavy atom. The quantitative estimate of drug-likeness (QED) is 0.731. The van der Waals surface area contributed by atoms with Crippen LogP contribution >= 0.6 is 11.6 Å². The Kier molecular flexibility index (Phi) is 4.28. The Balaban J connectivity index is 3.02. The molecule has 0 saturated heterocycles. The number of nitrogens with one attached hydrogen (secondary N) is 1. The van der Waals surface area contributed by atoms with E-state index in [-0.39, 0.29) is 27.8 Å². The molecular formula is C10H15ClFN3O2S. The summed E-state index contributed by atoms with van der Waals surface area (Å²) in [6, 6.07) is 0.817. The Bertz CT molecular complexity index is 563. The van der Waals surface area contributed by atoms with Gasteiger partial charge in [0.15, 0.2) is 5.82 Å². The molecule has 1 aromatic rings. The third-order valence-electron chi connectivity index (χ3n) is 2.21. The molecule has 5 N–H and O–H groups in total. The second-order valence-electron chi connectivity index (χ2n) is 4.20. The van der Waals surface area contributed by atoms with Crippen molar-refractivity contribution >= 4 is 38.5 Å². The van der Waals surface area contributed by atoms with E-state index in [4.69, 9.17) is 23.1 Å². The molecule has 5 nitrogen and oxygen atoms in total. The zero-order valence-electron chi connectivity index (χ0n) is 10.00. The molecule has 8 heteroatoms. The van der Waals surface area contributed by atoms with E-state index >= 15 is 0 Å². The summed E-state index contributed by atoms with van der Waals surface area (Å²) in [4.78, 5) is 0. The largest absolute Gasteiger partial charge is 0.397 e. The van der Waals surface area contributed by atoms with Crippen molar-refractivity contribution in [3.63, 3.8) is 0 Å². The molecule has 0 amide bonds. The van der Waals surface area contributed by atoms with Crippen molar-refractivity contribution in [2.45, 2.75) is 13.0 Å². The average Bonchev–Trinajstić information content (AvgIpc) is 2.19. The van der Waals surface area contributed by atoms with E-state index in [1.165, 1.54) is 6.07 Å². The molecule has 0 radical (unpaired) electrons. The molecule has 0 aliphatic carbocycles. The third-order valence-corrected chi connectivity index (χ3v) is 3.70. The summed E-state index contributed by atoms with van der Waals surface area (Å²) in [5.74, 6) is -0.928. The Morgan fingerprint density at radius 2 is 2.00 bits per heavy atom. The Hall–Kier alpha value is -1.21. The molecular weight excluding hydrogens is 281 g/mol. The van der Waals surface area contributed by atoms with Gasteiger partial charge in [0.2, 0.25) is 0 Å². The van der Waals surface area contributed by atoms with Crippen molar-refractivity contribution in [2.24, 2.45) is 0 Å². The summed E-state index contributed by atoms with van der Waals surface area (Å²) in [6.07, 6.45) is 1.10. The summed E-state index contributed by atoms with van der Waals surface area (Å²) in [5, 5.41) is 2.45. The second kappa shape index (κ2) is 5.19. The van der Waals surface area contributed by atoms with Gasteiger partial charge in [-0.15, -0.1) is 0 Å². The van der Waals surface area contributed by atoms with Crippen LogP contribution in [0.5, 0.6) is 0 Å². The Labute approximate surface area is 110 Å². The molecule has 0 aliphatic rings. The molecule has 0 heterocycles. The van der Waals surface area contributed by atoms with Crippen molar-refractivity contribution < 1.29 is 12.8 Å². The molecule has 0 saturated carbocycles. The second-order valence-corrected chi connectivity index (χ2v) is 6.76. The maximum Gasteiger partial charge on any atom is 0.169 e. The van der Waals surface area contributed by atoms with Crippen LogP contribution in [0.3, 0.4) is 0 Å². The van der Waals surface area contributed by atoms with Crippen molar-refractivity contribution in [2.75, 3.05) is 28.8 Å². The number of benzene rings is 1. The molecule has 18 heavy (non-hydrogen) atoms. The van der Waals surface area contributed by atoms with Gasteiger partial charge in [0.05, 0.1) is 22.8 Å². The van der Waals surface area contributed by atoms with Gasteiger partial charge in [-0.1, -0.05) is 11.6 Å².